The van der Waals surface area contributed by atoms with Gasteiger partial charge in [-0.3, -0.25) is 10.1 Å². The van der Waals surface area contributed by atoms with Crippen molar-refractivity contribution in [1.82, 2.24) is 10.2 Å². The fraction of sp³-hybridized carbons (Fsp3) is 0.308. The van der Waals surface area contributed by atoms with Crippen LogP contribution in [0.2, 0.25) is 0 Å². The number of aromatic nitrogens is 2. The molecule has 1 amide bonds. The number of nitrogens with one attached hydrogen (secondary N) is 1. The highest BCUT2D eigenvalue weighted by Crippen LogP contribution is 2.14. The Morgan fingerprint density at radius 3 is 2.48 bits per heavy atom. The normalized spacial score (nSPS) is 11.3. The summed E-state index contributed by atoms with van der Waals surface area (Å²) in [5.74, 6) is 0.135. The van der Waals surface area contributed by atoms with Crippen molar-refractivity contribution in [2.45, 2.75) is 24.7 Å². The maximum absolute atomic E-state index is 11.4. The van der Waals surface area contributed by atoms with Gasteiger partial charge in [0, 0.05) is 12.7 Å². The molecule has 1 aromatic heterocycles. The molecule has 21 heavy (non-hydrogen) atoms. The summed E-state index contributed by atoms with van der Waals surface area (Å²) in [6.07, 6.45) is 1.84. The number of rotatable bonds is 5. The first kappa shape index (κ1) is 15.2. The Morgan fingerprint density at radius 2 is 1.90 bits per heavy atom. The first-order valence-corrected chi connectivity index (χ1v) is 8.19. The van der Waals surface area contributed by atoms with Gasteiger partial charge in [-0.1, -0.05) is 24.2 Å². The van der Waals surface area contributed by atoms with Crippen LogP contribution in [0.1, 0.15) is 24.8 Å². The Labute approximate surface area is 122 Å². The largest absolute Gasteiger partial charge is 0.407 e. The fourth-order valence-corrected chi connectivity index (χ4v) is 2.24. The Kier molecular flexibility index (Phi) is 4.37. The summed E-state index contributed by atoms with van der Waals surface area (Å²) in [5, 5.41) is 10.0. The predicted molar refractivity (Wildman–Crippen MR) is 75.6 cm³/mol. The second-order valence-corrected chi connectivity index (χ2v) is 6.51. The quantitative estimate of drug-likeness (QED) is 0.896. The molecule has 0 fully saturated rings. The number of nitrogens with zero attached hydrogens (tertiary/aromatic N) is 2. The molecule has 112 valence electrons. The highest BCUT2D eigenvalue weighted by atomic mass is 32.2. The molecule has 0 aliphatic rings. The molecule has 2 rings (SSSR count). The third kappa shape index (κ3) is 4.12. The highest BCUT2D eigenvalue weighted by Gasteiger charge is 2.10. The van der Waals surface area contributed by atoms with Crippen LogP contribution in [0.4, 0.5) is 6.01 Å². The Hall–Kier alpha value is -2.22. The average Bonchev–Trinajstić information content (AvgIpc) is 2.85. The van der Waals surface area contributed by atoms with Crippen LogP contribution in [-0.4, -0.2) is 30.8 Å². The van der Waals surface area contributed by atoms with Gasteiger partial charge in [-0.2, -0.15) is 0 Å². The third-order valence-electron chi connectivity index (χ3n) is 2.74. The lowest BCUT2D eigenvalue weighted by molar-refractivity contribution is -0.116. The molecular formula is C13H15N3O4S. The highest BCUT2D eigenvalue weighted by molar-refractivity contribution is 7.90. The minimum absolute atomic E-state index is 0.0598. The van der Waals surface area contributed by atoms with Gasteiger partial charge in [0.05, 0.1) is 11.3 Å². The summed E-state index contributed by atoms with van der Waals surface area (Å²) in [7, 11) is -3.20. The van der Waals surface area contributed by atoms with Crippen LogP contribution < -0.4 is 5.32 Å². The molecule has 0 radical (unpaired) electrons. The number of sulfone groups is 1. The Bertz CT molecular complexity index is 735. The zero-order valence-electron chi connectivity index (χ0n) is 11.7. The van der Waals surface area contributed by atoms with E-state index in [1.54, 1.807) is 19.1 Å². The number of hydrogen-bond donors (Lipinski definition) is 1. The number of carbonyl (C=O) groups is 1. The van der Waals surface area contributed by atoms with Crippen molar-refractivity contribution in [2.24, 2.45) is 0 Å². The number of anilines is 1. The van der Waals surface area contributed by atoms with Crippen LogP contribution >= 0.6 is 0 Å². The zero-order chi connectivity index (χ0) is 15.5. The molecule has 0 bridgehead atoms. The molecule has 0 unspecified atom stereocenters. The topological polar surface area (TPSA) is 102 Å². The summed E-state index contributed by atoms with van der Waals surface area (Å²) in [5.41, 5.74) is 0.833. The van der Waals surface area contributed by atoms with Crippen molar-refractivity contribution in [2.75, 3.05) is 11.6 Å². The summed E-state index contributed by atoms with van der Waals surface area (Å²) >= 11 is 0. The molecule has 0 saturated carbocycles. The van der Waals surface area contributed by atoms with Gasteiger partial charge in [0.2, 0.25) is 11.8 Å². The Morgan fingerprint density at radius 1 is 1.24 bits per heavy atom. The van der Waals surface area contributed by atoms with Crippen LogP contribution in [0.25, 0.3) is 0 Å². The van der Waals surface area contributed by atoms with Crippen LogP contribution in [0, 0.1) is 0 Å². The second-order valence-electron chi connectivity index (χ2n) is 4.50. The van der Waals surface area contributed by atoms with Crippen molar-refractivity contribution < 1.29 is 17.6 Å². The van der Waals surface area contributed by atoms with E-state index >= 15 is 0 Å². The van der Waals surface area contributed by atoms with E-state index in [4.69, 9.17) is 4.42 Å². The van der Waals surface area contributed by atoms with E-state index in [0.29, 0.717) is 18.7 Å². The van der Waals surface area contributed by atoms with Crippen LogP contribution in [-0.2, 0) is 21.1 Å². The van der Waals surface area contributed by atoms with E-state index in [1.165, 1.54) is 12.1 Å². The molecular weight excluding hydrogens is 294 g/mol. The maximum atomic E-state index is 11.4. The zero-order valence-corrected chi connectivity index (χ0v) is 12.5. The summed E-state index contributed by atoms with van der Waals surface area (Å²) in [6.45, 7) is 1.72. The van der Waals surface area contributed by atoms with Crippen molar-refractivity contribution in [3.8, 4) is 0 Å². The van der Waals surface area contributed by atoms with E-state index in [1.807, 2.05) is 0 Å². The summed E-state index contributed by atoms with van der Waals surface area (Å²) in [4.78, 5) is 11.4. The van der Waals surface area contributed by atoms with Crippen LogP contribution in [0.15, 0.2) is 33.6 Å². The van der Waals surface area contributed by atoms with Gasteiger partial charge in [-0.25, -0.2) is 8.42 Å². The minimum atomic E-state index is -3.20. The van der Waals surface area contributed by atoms with E-state index in [0.717, 1.165) is 11.8 Å². The molecule has 2 aromatic rings. The monoisotopic (exact) mass is 309 g/mol. The standard InChI is InChI=1S/C13H15N3O4S/c1-3-11(17)14-13-16-15-12(20-13)8-9-4-6-10(7-5-9)21(2,18)19/h4-7H,3,8H2,1-2H3,(H,14,16,17). The molecule has 8 heteroatoms. The van der Waals surface area contributed by atoms with E-state index in [2.05, 4.69) is 15.5 Å². The van der Waals surface area contributed by atoms with Crippen molar-refractivity contribution in [3.63, 3.8) is 0 Å². The van der Waals surface area contributed by atoms with E-state index in [9.17, 15) is 13.2 Å². The number of carbonyl (C=O) groups excluding carboxylic acids is 1. The van der Waals surface area contributed by atoms with Gasteiger partial charge in [0.1, 0.15) is 0 Å². The lowest BCUT2D eigenvalue weighted by Gasteiger charge is -2.00. The Balaban J connectivity index is 2.07. The first-order chi connectivity index (χ1) is 9.88. The molecule has 1 heterocycles. The predicted octanol–water partition coefficient (Wildman–Crippen LogP) is 1.41. The molecule has 0 aliphatic heterocycles. The van der Waals surface area contributed by atoms with Crippen LogP contribution in [0.3, 0.4) is 0 Å². The van der Waals surface area contributed by atoms with Gasteiger partial charge < -0.3 is 4.42 Å². The summed E-state index contributed by atoms with van der Waals surface area (Å²) in [6, 6.07) is 6.49. The van der Waals surface area contributed by atoms with Crippen LogP contribution in [0.5, 0.6) is 0 Å². The van der Waals surface area contributed by atoms with Crippen molar-refractivity contribution >= 4 is 21.8 Å². The van der Waals surface area contributed by atoms with Gasteiger partial charge in [-0.05, 0) is 17.7 Å². The number of amides is 1. The third-order valence-corrected chi connectivity index (χ3v) is 3.87. The smallest absolute Gasteiger partial charge is 0.322 e. The number of benzene rings is 1. The van der Waals surface area contributed by atoms with Gasteiger partial charge in [0.25, 0.3) is 0 Å². The van der Waals surface area contributed by atoms with E-state index < -0.39 is 9.84 Å². The van der Waals surface area contributed by atoms with E-state index in [-0.39, 0.29) is 16.8 Å². The minimum Gasteiger partial charge on any atom is -0.407 e. The molecule has 1 N–H and O–H groups in total. The lowest BCUT2D eigenvalue weighted by atomic mass is 10.1. The van der Waals surface area contributed by atoms with Gasteiger partial charge >= 0.3 is 6.01 Å². The van der Waals surface area contributed by atoms with Crippen molar-refractivity contribution in [1.29, 1.82) is 0 Å². The van der Waals surface area contributed by atoms with Gasteiger partial charge in [0.15, 0.2) is 9.84 Å². The summed E-state index contributed by atoms with van der Waals surface area (Å²) < 4.78 is 28.0. The molecule has 7 nitrogen and oxygen atoms in total. The lowest BCUT2D eigenvalue weighted by Crippen LogP contribution is -2.09. The molecule has 0 atom stereocenters. The average molecular weight is 309 g/mol. The second kappa shape index (κ2) is 6.04. The van der Waals surface area contributed by atoms with Gasteiger partial charge in [-0.15, -0.1) is 5.10 Å². The number of hydrogen-bond acceptors (Lipinski definition) is 6. The maximum Gasteiger partial charge on any atom is 0.322 e. The first-order valence-electron chi connectivity index (χ1n) is 6.29. The molecule has 0 aliphatic carbocycles. The SMILES string of the molecule is CCC(=O)Nc1nnc(Cc2ccc(S(C)(=O)=O)cc2)o1. The van der Waals surface area contributed by atoms with Crippen molar-refractivity contribution in [3.05, 3.63) is 35.7 Å². The molecule has 0 spiro atoms. The molecule has 0 saturated heterocycles. The molecule has 1 aromatic carbocycles. The fourth-order valence-electron chi connectivity index (χ4n) is 1.61.